The van der Waals surface area contributed by atoms with Crippen LogP contribution in [0.3, 0.4) is 0 Å². The van der Waals surface area contributed by atoms with Gasteiger partial charge < -0.3 is 15.2 Å². The number of likely N-dealkylation sites (tertiary alicyclic amines) is 1. The summed E-state index contributed by atoms with van der Waals surface area (Å²) < 4.78 is 4.85. The van der Waals surface area contributed by atoms with E-state index in [1.807, 2.05) is 0 Å². The number of aliphatic hydroxyl groups is 1. The Morgan fingerprint density at radius 1 is 1.50 bits per heavy atom. The van der Waals surface area contributed by atoms with Crippen LogP contribution in [-0.2, 0) is 9.53 Å². The molecular formula is C11H22N2O3. The predicted molar refractivity (Wildman–Crippen MR) is 61.1 cm³/mol. The first-order valence-corrected chi connectivity index (χ1v) is 5.85. The lowest BCUT2D eigenvalue weighted by atomic mass is 9.98. The lowest BCUT2D eigenvalue weighted by Crippen LogP contribution is -2.42. The van der Waals surface area contributed by atoms with Gasteiger partial charge in [0.05, 0.1) is 13.2 Å². The number of ether oxygens (including phenoxy) is 1. The van der Waals surface area contributed by atoms with Gasteiger partial charge in [-0.05, 0) is 31.8 Å². The third-order valence-corrected chi connectivity index (χ3v) is 2.96. The minimum absolute atomic E-state index is 0.0551. The van der Waals surface area contributed by atoms with E-state index in [-0.39, 0.29) is 12.5 Å². The maximum Gasteiger partial charge on any atom is 0.234 e. The van der Waals surface area contributed by atoms with Crippen molar-refractivity contribution in [3.05, 3.63) is 0 Å². The van der Waals surface area contributed by atoms with E-state index in [4.69, 9.17) is 9.84 Å². The Hall–Kier alpha value is -0.650. The van der Waals surface area contributed by atoms with Gasteiger partial charge in [-0.15, -0.1) is 0 Å². The molecule has 0 bridgehead atoms. The molecule has 94 valence electrons. The van der Waals surface area contributed by atoms with Gasteiger partial charge in [0.25, 0.3) is 0 Å². The molecule has 0 aromatic carbocycles. The maximum atomic E-state index is 11.5. The summed E-state index contributed by atoms with van der Waals surface area (Å²) in [7, 11) is 1.62. The Morgan fingerprint density at radius 3 is 2.75 bits per heavy atom. The van der Waals surface area contributed by atoms with E-state index >= 15 is 0 Å². The quantitative estimate of drug-likeness (QED) is 0.601. The number of piperidine rings is 1. The van der Waals surface area contributed by atoms with E-state index < -0.39 is 0 Å². The third-order valence-electron chi connectivity index (χ3n) is 2.96. The van der Waals surface area contributed by atoms with E-state index in [1.54, 1.807) is 7.11 Å². The first-order valence-electron chi connectivity index (χ1n) is 5.85. The number of hydrogen-bond acceptors (Lipinski definition) is 4. The Balaban J connectivity index is 2.10. The maximum absolute atomic E-state index is 11.5. The second-order valence-corrected chi connectivity index (χ2v) is 4.24. The number of rotatable bonds is 6. The summed E-state index contributed by atoms with van der Waals surface area (Å²) in [5.41, 5.74) is 0. The fourth-order valence-electron chi connectivity index (χ4n) is 1.88. The molecule has 1 aliphatic rings. The summed E-state index contributed by atoms with van der Waals surface area (Å²) in [5, 5.41) is 11.8. The Morgan fingerprint density at radius 2 is 2.19 bits per heavy atom. The molecule has 0 aromatic rings. The van der Waals surface area contributed by atoms with Crippen molar-refractivity contribution in [1.82, 2.24) is 10.2 Å². The highest BCUT2D eigenvalue weighted by molar-refractivity contribution is 5.77. The molecular weight excluding hydrogens is 208 g/mol. The van der Waals surface area contributed by atoms with Crippen molar-refractivity contribution in [2.75, 3.05) is 46.5 Å². The molecule has 5 nitrogen and oxygen atoms in total. The largest absolute Gasteiger partial charge is 0.396 e. The third kappa shape index (κ3) is 4.92. The molecule has 1 fully saturated rings. The number of amides is 1. The molecule has 1 saturated heterocycles. The van der Waals surface area contributed by atoms with Crippen LogP contribution >= 0.6 is 0 Å². The van der Waals surface area contributed by atoms with Gasteiger partial charge >= 0.3 is 0 Å². The van der Waals surface area contributed by atoms with Gasteiger partial charge in [0.15, 0.2) is 0 Å². The molecule has 1 amide bonds. The van der Waals surface area contributed by atoms with E-state index in [2.05, 4.69) is 10.2 Å². The zero-order valence-corrected chi connectivity index (χ0v) is 9.95. The molecule has 1 aliphatic heterocycles. The first-order chi connectivity index (χ1) is 7.76. The van der Waals surface area contributed by atoms with E-state index in [0.29, 0.717) is 25.6 Å². The van der Waals surface area contributed by atoms with Crippen LogP contribution in [-0.4, -0.2) is 62.4 Å². The molecule has 1 heterocycles. The molecule has 0 saturated carbocycles. The molecule has 0 radical (unpaired) electrons. The van der Waals surface area contributed by atoms with Crippen molar-refractivity contribution >= 4 is 5.91 Å². The lowest BCUT2D eigenvalue weighted by Gasteiger charge is -2.30. The van der Waals surface area contributed by atoms with Gasteiger partial charge in [0, 0.05) is 20.3 Å². The molecule has 16 heavy (non-hydrogen) atoms. The van der Waals surface area contributed by atoms with Crippen LogP contribution in [0.2, 0.25) is 0 Å². The molecule has 2 N–H and O–H groups in total. The smallest absolute Gasteiger partial charge is 0.234 e. The molecule has 0 aliphatic carbocycles. The summed E-state index contributed by atoms with van der Waals surface area (Å²) in [6.45, 7) is 3.67. The average Bonchev–Trinajstić information content (AvgIpc) is 2.30. The van der Waals surface area contributed by atoms with Crippen LogP contribution in [0, 0.1) is 5.92 Å². The Kier molecular flexibility index (Phi) is 6.37. The first kappa shape index (κ1) is 13.4. The normalized spacial score (nSPS) is 18.6. The minimum atomic E-state index is 0.0551. The molecule has 0 spiro atoms. The van der Waals surface area contributed by atoms with Crippen LogP contribution in [0.1, 0.15) is 12.8 Å². The van der Waals surface area contributed by atoms with Crippen molar-refractivity contribution in [1.29, 1.82) is 0 Å². The average molecular weight is 230 g/mol. The number of nitrogens with one attached hydrogen (secondary N) is 1. The van der Waals surface area contributed by atoms with Crippen molar-refractivity contribution in [3.8, 4) is 0 Å². The van der Waals surface area contributed by atoms with E-state index in [9.17, 15) is 4.79 Å². The summed E-state index contributed by atoms with van der Waals surface area (Å²) in [6, 6.07) is 0. The minimum Gasteiger partial charge on any atom is -0.396 e. The number of methoxy groups -OCH3 is 1. The van der Waals surface area contributed by atoms with E-state index in [0.717, 1.165) is 25.9 Å². The Bertz CT molecular complexity index is 203. The van der Waals surface area contributed by atoms with Crippen molar-refractivity contribution < 1.29 is 14.6 Å². The monoisotopic (exact) mass is 230 g/mol. The highest BCUT2D eigenvalue weighted by Crippen LogP contribution is 2.15. The second kappa shape index (κ2) is 7.60. The zero-order valence-electron chi connectivity index (χ0n) is 9.95. The fraction of sp³-hybridized carbons (Fsp3) is 0.909. The molecule has 0 unspecified atom stereocenters. The van der Waals surface area contributed by atoms with Gasteiger partial charge in [0.1, 0.15) is 0 Å². The topological polar surface area (TPSA) is 61.8 Å². The number of aliphatic hydroxyl groups excluding tert-OH is 1. The number of nitrogens with zero attached hydrogens (tertiary/aromatic N) is 1. The molecule has 0 atom stereocenters. The second-order valence-electron chi connectivity index (χ2n) is 4.24. The van der Waals surface area contributed by atoms with Crippen molar-refractivity contribution in [2.24, 2.45) is 5.92 Å². The molecule has 5 heteroatoms. The Labute approximate surface area is 96.8 Å². The summed E-state index contributed by atoms with van der Waals surface area (Å²) in [5.74, 6) is 0.479. The number of carbonyl (C=O) groups excluding carboxylic acids is 1. The fourth-order valence-corrected chi connectivity index (χ4v) is 1.88. The van der Waals surface area contributed by atoms with Crippen LogP contribution in [0.5, 0.6) is 0 Å². The lowest BCUT2D eigenvalue weighted by molar-refractivity contribution is -0.122. The number of carbonyl (C=O) groups is 1. The SMILES string of the molecule is COCCNC(=O)CN1CCC(CO)CC1. The van der Waals surface area contributed by atoms with Gasteiger partial charge in [-0.3, -0.25) is 9.69 Å². The summed E-state index contributed by atoms with van der Waals surface area (Å²) >= 11 is 0. The van der Waals surface area contributed by atoms with Gasteiger partial charge in [-0.2, -0.15) is 0 Å². The van der Waals surface area contributed by atoms with Crippen molar-refractivity contribution in [2.45, 2.75) is 12.8 Å². The van der Waals surface area contributed by atoms with Crippen LogP contribution in [0.4, 0.5) is 0 Å². The highest BCUT2D eigenvalue weighted by atomic mass is 16.5. The van der Waals surface area contributed by atoms with Gasteiger partial charge in [-0.25, -0.2) is 0 Å². The van der Waals surface area contributed by atoms with Crippen LogP contribution < -0.4 is 5.32 Å². The van der Waals surface area contributed by atoms with Gasteiger partial charge in [-0.1, -0.05) is 0 Å². The predicted octanol–water partition coefficient (Wildman–Crippen LogP) is -0.547. The highest BCUT2D eigenvalue weighted by Gasteiger charge is 2.19. The zero-order chi connectivity index (χ0) is 11.8. The van der Waals surface area contributed by atoms with Crippen LogP contribution in [0.25, 0.3) is 0 Å². The summed E-state index contributed by atoms with van der Waals surface area (Å²) in [4.78, 5) is 13.6. The molecule has 1 rings (SSSR count). The molecule has 0 aromatic heterocycles. The van der Waals surface area contributed by atoms with Crippen LogP contribution in [0.15, 0.2) is 0 Å². The number of hydrogen-bond donors (Lipinski definition) is 2. The standard InChI is InChI=1S/C11H22N2O3/c1-16-7-4-12-11(15)8-13-5-2-10(9-14)3-6-13/h10,14H,2-9H2,1H3,(H,12,15). The summed E-state index contributed by atoms with van der Waals surface area (Å²) in [6.07, 6.45) is 1.98. The van der Waals surface area contributed by atoms with Gasteiger partial charge in [0.2, 0.25) is 5.91 Å². The van der Waals surface area contributed by atoms with E-state index in [1.165, 1.54) is 0 Å². The van der Waals surface area contributed by atoms with Crippen molar-refractivity contribution in [3.63, 3.8) is 0 Å².